The minimum atomic E-state index is -0.857. The lowest BCUT2D eigenvalue weighted by Crippen LogP contribution is -2.20. The molecule has 1 saturated heterocycles. The van der Waals surface area contributed by atoms with E-state index < -0.39 is 11.9 Å². The Hall–Kier alpha value is -1.06. The quantitative estimate of drug-likeness (QED) is 0.691. The summed E-state index contributed by atoms with van der Waals surface area (Å²) in [5.41, 5.74) is 0.720. The summed E-state index contributed by atoms with van der Waals surface area (Å²) >= 11 is 5.83. The van der Waals surface area contributed by atoms with Gasteiger partial charge in [-0.15, -0.1) is 0 Å². The van der Waals surface area contributed by atoms with Crippen molar-refractivity contribution in [3.63, 3.8) is 0 Å². The minimum Gasteiger partial charge on any atom is -0.431 e. The van der Waals surface area contributed by atoms with E-state index >= 15 is 0 Å². The van der Waals surface area contributed by atoms with Gasteiger partial charge in [0.15, 0.2) is 6.10 Å². The predicted molar refractivity (Wildman–Crippen MR) is 55.4 cm³/mol. The topological polar surface area (TPSA) is 35.5 Å². The molecule has 1 aliphatic rings. The molecule has 1 aromatic rings. The molecule has 4 heteroatoms. The molecule has 80 valence electrons. The van der Waals surface area contributed by atoms with Crippen LogP contribution in [0.3, 0.4) is 0 Å². The minimum absolute atomic E-state index is 0.373. The highest BCUT2D eigenvalue weighted by molar-refractivity contribution is 6.30. The zero-order chi connectivity index (χ0) is 11.1. The number of hydrogen-bond donors (Lipinski definition) is 0. The second kappa shape index (κ2) is 3.51. The van der Waals surface area contributed by atoms with Crippen LogP contribution in [0.2, 0.25) is 5.02 Å². The van der Waals surface area contributed by atoms with Crippen LogP contribution in [0, 0.1) is 0 Å². The lowest BCUT2D eigenvalue weighted by Gasteiger charge is -2.15. The smallest absolute Gasteiger partial charge is 0.342 e. The van der Waals surface area contributed by atoms with E-state index in [1.54, 1.807) is 38.1 Å². The van der Waals surface area contributed by atoms with Gasteiger partial charge in [0.1, 0.15) is 0 Å². The van der Waals surface area contributed by atoms with Crippen molar-refractivity contribution in [1.82, 2.24) is 0 Å². The molecule has 1 unspecified atom stereocenters. The first kappa shape index (κ1) is 10.5. The molecule has 2 rings (SSSR count). The van der Waals surface area contributed by atoms with Crippen molar-refractivity contribution in [2.45, 2.75) is 25.7 Å². The van der Waals surface area contributed by atoms with Gasteiger partial charge in [0.25, 0.3) is 0 Å². The van der Waals surface area contributed by atoms with Crippen molar-refractivity contribution >= 4 is 17.6 Å². The summed E-state index contributed by atoms with van der Waals surface area (Å²) in [6.07, 6.45) is -0.668. The molecule has 0 saturated carbocycles. The standard InChI is InChI=1S/C11H11ClO3/c1-11(2)14-9(10(13)15-11)7-4-3-5-8(12)6-7/h3-6,9H,1-2H3. The molecule has 1 aliphatic heterocycles. The second-order valence-electron chi connectivity index (χ2n) is 3.87. The Morgan fingerprint density at radius 2 is 2.13 bits per heavy atom. The van der Waals surface area contributed by atoms with Gasteiger partial charge in [-0.2, -0.15) is 0 Å². The summed E-state index contributed by atoms with van der Waals surface area (Å²) in [6.45, 7) is 3.41. The maximum Gasteiger partial charge on any atom is 0.342 e. The van der Waals surface area contributed by atoms with Crippen LogP contribution < -0.4 is 0 Å². The normalized spacial score (nSPS) is 23.9. The zero-order valence-electron chi connectivity index (χ0n) is 8.49. The average Bonchev–Trinajstić information content (AvgIpc) is 2.40. The van der Waals surface area contributed by atoms with Gasteiger partial charge in [0, 0.05) is 18.9 Å². The summed E-state index contributed by atoms with van der Waals surface area (Å²) in [5.74, 6) is -1.23. The molecule has 0 bridgehead atoms. The van der Waals surface area contributed by atoms with Crippen LogP contribution in [0.5, 0.6) is 0 Å². The molecule has 1 aromatic carbocycles. The number of rotatable bonds is 1. The van der Waals surface area contributed by atoms with E-state index in [2.05, 4.69) is 0 Å². The molecule has 1 atom stereocenters. The molecule has 0 aliphatic carbocycles. The van der Waals surface area contributed by atoms with Crippen molar-refractivity contribution < 1.29 is 14.3 Å². The first-order valence-corrected chi connectivity index (χ1v) is 5.02. The highest BCUT2D eigenvalue weighted by atomic mass is 35.5. The number of carbonyl (C=O) groups excluding carboxylic acids is 1. The van der Waals surface area contributed by atoms with Crippen LogP contribution in [-0.4, -0.2) is 11.8 Å². The average molecular weight is 227 g/mol. The number of carbonyl (C=O) groups is 1. The largest absolute Gasteiger partial charge is 0.431 e. The van der Waals surface area contributed by atoms with E-state index in [1.807, 2.05) is 0 Å². The molecular formula is C11H11ClO3. The van der Waals surface area contributed by atoms with Crippen molar-refractivity contribution in [2.75, 3.05) is 0 Å². The van der Waals surface area contributed by atoms with Crippen LogP contribution in [-0.2, 0) is 14.3 Å². The molecule has 3 nitrogen and oxygen atoms in total. The van der Waals surface area contributed by atoms with Gasteiger partial charge in [-0.1, -0.05) is 23.7 Å². The van der Waals surface area contributed by atoms with Crippen molar-refractivity contribution in [1.29, 1.82) is 0 Å². The Labute approximate surface area is 92.9 Å². The lowest BCUT2D eigenvalue weighted by molar-refractivity contribution is -0.160. The van der Waals surface area contributed by atoms with Crippen LogP contribution in [0.15, 0.2) is 24.3 Å². The molecular weight excluding hydrogens is 216 g/mol. The summed E-state index contributed by atoms with van der Waals surface area (Å²) < 4.78 is 10.5. The molecule has 0 aromatic heterocycles. The molecule has 0 amide bonds. The first-order chi connectivity index (χ1) is 6.98. The highest BCUT2D eigenvalue weighted by Gasteiger charge is 2.41. The third kappa shape index (κ3) is 2.13. The number of esters is 1. The number of cyclic esters (lactones) is 1. The van der Waals surface area contributed by atoms with Gasteiger partial charge in [-0.25, -0.2) is 4.79 Å². The SMILES string of the molecule is CC1(C)OC(=O)C(c2cccc(Cl)c2)O1. The van der Waals surface area contributed by atoms with Crippen LogP contribution >= 0.6 is 11.6 Å². The number of ether oxygens (including phenoxy) is 2. The Morgan fingerprint density at radius 3 is 2.67 bits per heavy atom. The maximum atomic E-state index is 11.5. The van der Waals surface area contributed by atoms with E-state index in [1.165, 1.54) is 0 Å². The van der Waals surface area contributed by atoms with Gasteiger partial charge in [-0.3, -0.25) is 0 Å². The van der Waals surface area contributed by atoms with Gasteiger partial charge in [0.05, 0.1) is 0 Å². The lowest BCUT2D eigenvalue weighted by atomic mass is 10.1. The zero-order valence-corrected chi connectivity index (χ0v) is 9.25. The van der Waals surface area contributed by atoms with E-state index in [4.69, 9.17) is 21.1 Å². The second-order valence-corrected chi connectivity index (χ2v) is 4.31. The monoisotopic (exact) mass is 226 g/mol. The summed E-state index contributed by atoms with van der Waals surface area (Å²) in [6, 6.07) is 7.02. The van der Waals surface area contributed by atoms with Gasteiger partial charge >= 0.3 is 5.97 Å². The Balaban J connectivity index is 2.29. The van der Waals surface area contributed by atoms with E-state index in [0.717, 1.165) is 5.56 Å². The third-order valence-electron chi connectivity index (χ3n) is 2.11. The summed E-state index contributed by atoms with van der Waals surface area (Å²) in [5, 5.41) is 0.577. The molecule has 0 spiro atoms. The van der Waals surface area contributed by atoms with Crippen LogP contribution in [0.25, 0.3) is 0 Å². The molecule has 0 N–H and O–H groups in total. The van der Waals surface area contributed by atoms with Gasteiger partial charge < -0.3 is 9.47 Å². The first-order valence-electron chi connectivity index (χ1n) is 4.64. The maximum absolute atomic E-state index is 11.5. The van der Waals surface area contributed by atoms with Gasteiger partial charge in [-0.05, 0) is 17.7 Å². The summed E-state index contributed by atoms with van der Waals surface area (Å²) in [7, 11) is 0. The van der Waals surface area contributed by atoms with Crippen molar-refractivity contribution in [3.8, 4) is 0 Å². The van der Waals surface area contributed by atoms with Crippen LogP contribution in [0.4, 0.5) is 0 Å². The van der Waals surface area contributed by atoms with E-state index in [-0.39, 0.29) is 5.97 Å². The van der Waals surface area contributed by atoms with Gasteiger partial charge in [0.2, 0.25) is 5.79 Å². The van der Waals surface area contributed by atoms with E-state index in [9.17, 15) is 4.79 Å². The fourth-order valence-corrected chi connectivity index (χ4v) is 1.72. The summed E-state index contributed by atoms with van der Waals surface area (Å²) in [4.78, 5) is 11.5. The Kier molecular flexibility index (Phi) is 2.44. The molecule has 1 fully saturated rings. The number of halogens is 1. The van der Waals surface area contributed by atoms with Crippen LogP contribution in [0.1, 0.15) is 25.5 Å². The fraction of sp³-hybridized carbons (Fsp3) is 0.364. The van der Waals surface area contributed by atoms with Crippen molar-refractivity contribution in [2.24, 2.45) is 0 Å². The Morgan fingerprint density at radius 1 is 1.40 bits per heavy atom. The third-order valence-corrected chi connectivity index (χ3v) is 2.35. The molecule has 15 heavy (non-hydrogen) atoms. The number of benzene rings is 1. The Bertz CT molecular complexity index is 401. The fourth-order valence-electron chi connectivity index (χ4n) is 1.53. The number of hydrogen-bond acceptors (Lipinski definition) is 3. The molecule has 0 radical (unpaired) electrons. The van der Waals surface area contributed by atoms with E-state index in [0.29, 0.717) is 5.02 Å². The predicted octanol–water partition coefficient (Wildman–Crippen LogP) is 2.69. The van der Waals surface area contributed by atoms with Crippen molar-refractivity contribution in [3.05, 3.63) is 34.9 Å². The molecule has 1 heterocycles. The highest BCUT2D eigenvalue weighted by Crippen LogP contribution is 2.34.